The summed E-state index contributed by atoms with van der Waals surface area (Å²) in [6.45, 7) is 4.14. The molecule has 2 heterocycles. The van der Waals surface area contributed by atoms with E-state index in [2.05, 4.69) is 4.90 Å². The summed E-state index contributed by atoms with van der Waals surface area (Å²) in [5.74, 6) is -0.447. The van der Waals surface area contributed by atoms with Crippen LogP contribution in [0.3, 0.4) is 0 Å². The lowest BCUT2D eigenvalue weighted by molar-refractivity contribution is -0.124. The number of piperazine rings is 1. The van der Waals surface area contributed by atoms with Crippen LogP contribution in [0.15, 0.2) is 91.1 Å². The molecular formula is C29H29N5O2. The van der Waals surface area contributed by atoms with Gasteiger partial charge in [0.15, 0.2) is 0 Å². The van der Waals surface area contributed by atoms with Gasteiger partial charge in [-0.25, -0.2) is 4.68 Å². The van der Waals surface area contributed by atoms with Gasteiger partial charge in [-0.05, 0) is 30.2 Å². The van der Waals surface area contributed by atoms with Gasteiger partial charge in [-0.2, -0.15) is 5.10 Å². The van der Waals surface area contributed by atoms with Crippen LogP contribution < -0.4 is 5.73 Å². The summed E-state index contributed by atoms with van der Waals surface area (Å²) < 4.78 is 1.77. The van der Waals surface area contributed by atoms with Crippen LogP contribution in [-0.2, 0) is 4.79 Å². The van der Waals surface area contributed by atoms with E-state index in [-0.39, 0.29) is 11.8 Å². The zero-order valence-electron chi connectivity index (χ0n) is 20.2. The average Bonchev–Trinajstić information content (AvgIpc) is 3.35. The molecule has 182 valence electrons. The molecule has 4 aromatic rings. The number of benzene rings is 3. The van der Waals surface area contributed by atoms with Crippen molar-refractivity contribution in [1.29, 1.82) is 0 Å². The fourth-order valence-corrected chi connectivity index (χ4v) is 4.82. The normalized spacial score (nSPS) is 15.0. The van der Waals surface area contributed by atoms with Crippen molar-refractivity contribution >= 4 is 11.8 Å². The highest BCUT2D eigenvalue weighted by Gasteiger charge is 2.32. The van der Waals surface area contributed by atoms with E-state index in [1.54, 1.807) is 4.68 Å². The summed E-state index contributed by atoms with van der Waals surface area (Å²) in [6.07, 6.45) is 1.82. The van der Waals surface area contributed by atoms with E-state index in [1.165, 1.54) is 0 Å². The highest BCUT2D eigenvalue weighted by atomic mass is 16.2. The zero-order valence-corrected chi connectivity index (χ0v) is 20.2. The SMILES string of the molecule is Cc1ccccc1-c1nn(-c2ccccc2)cc1C(=O)N1CCN([C@H](C(N)=O)c2ccccc2)CC1. The molecule has 1 fully saturated rings. The molecular weight excluding hydrogens is 450 g/mol. The van der Waals surface area contributed by atoms with Crippen molar-refractivity contribution in [1.82, 2.24) is 19.6 Å². The van der Waals surface area contributed by atoms with Crippen molar-refractivity contribution in [3.05, 3.63) is 108 Å². The predicted octanol–water partition coefficient (Wildman–Crippen LogP) is 3.83. The average molecular weight is 480 g/mol. The summed E-state index contributed by atoms with van der Waals surface area (Å²) >= 11 is 0. The molecule has 0 radical (unpaired) electrons. The van der Waals surface area contributed by atoms with Crippen LogP contribution in [0.5, 0.6) is 0 Å². The highest BCUT2D eigenvalue weighted by Crippen LogP contribution is 2.29. The Kier molecular flexibility index (Phi) is 6.64. The molecule has 2 N–H and O–H groups in total. The summed E-state index contributed by atoms with van der Waals surface area (Å²) in [5, 5.41) is 4.83. The van der Waals surface area contributed by atoms with Crippen molar-refractivity contribution in [2.24, 2.45) is 5.73 Å². The largest absolute Gasteiger partial charge is 0.368 e. The minimum Gasteiger partial charge on any atom is -0.368 e. The van der Waals surface area contributed by atoms with E-state index < -0.39 is 6.04 Å². The van der Waals surface area contributed by atoms with Crippen molar-refractivity contribution in [3.63, 3.8) is 0 Å². The lowest BCUT2D eigenvalue weighted by Crippen LogP contribution is -2.51. The van der Waals surface area contributed by atoms with Crippen LogP contribution in [0, 0.1) is 6.92 Å². The third-order valence-corrected chi connectivity index (χ3v) is 6.72. The molecule has 7 nitrogen and oxygen atoms in total. The third kappa shape index (κ3) is 4.65. The van der Waals surface area contributed by atoms with Gasteiger partial charge in [-0.3, -0.25) is 14.5 Å². The van der Waals surface area contributed by atoms with Crippen molar-refractivity contribution in [3.8, 4) is 16.9 Å². The smallest absolute Gasteiger partial charge is 0.257 e. The van der Waals surface area contributed by atoms with Crippen LogP contribution in [-0.4, -0.2) is 57.6 Å². The Labute approximate surface area is 210 Å². The second-order valence-electron chi connectivity index (χ2n) is 9.03. The maximum absolute atomic E-state index is 13.8. The molecule has 5 rings (SSSR count). The Bertz CT molecular complexity index is 1360. The maximum atomic E-state index is 13.8. The molecule has 3 aromatic carbocycles. The summed E-state index contributed by atoms with van der Waals surface area (Å²) in [4.78, 5) is 30.0. The lowest BCUT2D eigenvalue weighted by atomic mass is 10.0. The number of hydrogen-bond acceptors (Lipinski definition) is 4. The van der Waals surface area contributed by atoms with Crippen LogP contribution in [0.2, 0.25) is 0 Å². The Morgan fingerprint density at radius 1 is 0.833 bits per heavy atom. The summed E-state index contributed by atoms with van der Waals surface area (Å²) in [7, 11) is 0. The first-order chi connectivity index (χ1) is 17.5. The Balaban J connectivity index is 1.41. The number of nitrogens with two attached hydrogens (primary N) is 1. The van der Waals surface area contributed by atoms with Gasteiger partial charge < -0.3 is 10.6 Å². The standard InChI is InChI=1S/C29H29N5O2/c1-21-10-8-9-15-24(21)26-25(20-34(31-26)23-13-6-3-7-14-23)29(36)33-18-16-32(17-19-33)27(28(30)35)22-11-4-2-5-12-22/h2-15,20,27H,16-19H2,1H3,(H2,30,35)/t27-/m0/s1. The quantitative estimate of drug-likeness (QED) is 0.456. The van der Waals surface area contributed by atoms with Crippen molar-refractivity contribution in [2.45, 2.75) is 13.0 Å². The molecule has 0 spiro atoms. The molecule has 0 saturated carbocycles. The van der Waals surface area contributed by atoms with E-state index in [9.17, 15) is 9.59 Å². The molecule has 0 unspecified atom stereocenters. The van der Waals surface area contributed by atoms with Crippen LogP contribution >= 0.6 is 0 Å². The van der Waals surface area contributed by atoms with Crippen LogP contribution in [0.25, 0.3) is 16.9 Å². The number of para-hydroxylation sites is 1. The molecule has 1 aromatic heterocycles. The van der Waals surface area contributed by atoms with Crippen molar-refractivity contribution < 1.29 is 9.59 Å². The van der Waals surface area contributed by atoms with Gasteiger partial charge in [-0.1, -0.05) is 72.8 Å². The molecule has 0 aliphatic carbocycles. The first-order valence-electron chi connectivity index (χ1n) is 12.1. The molecule has 1 aliphatic heterocycles. The second kappa shape index (κ2) is 10.2. The van der Waals surface area contributed by atoms with Crippen LogP contribution in [0.4, 0.5) is 0 Å². The van der Waals surface area contributed by atoms with Gasteiger partial charge in [0.2, 0.25) is 5.91 Å². The molecule has 2 amide bonds. The Morgan fingerprint density at radius 3 is 2.08 bits per heavy atom. The molecule has 7 heteroatoms. The molecule has 1 atom stereocenters. The highest BCUT2D eigenvalue weighted by molar-refractivity contribution is 6.00. The third-order valence-electron chi connectivity index (χ3n) is 6.72. The number of aromatic nitrogens is 2. The molecule has 1 aliphatic rings. The van der Waals surface area contributed by atoms with Gasteiger partial charge >= 0.3 is 0 Å². The lowest BCUT2D eigenvalue weighted by Gasteiger charge is -2.38. The number of nitrogens with zero attached hydrogens (tertiary/aromatic N) is 4. The van der Waals surface area contributed by atoms with E-state index >= 15 is 0 Å². The number of aryl methyl sites for hydroxylation is 1. The first-order valence-corrected chi connectivity index (χ1v) is 12.1. The molecule has 36 heavy (non-hydrogen) atoms. The molecule has 1 saturated heterocycles. The van der Waals surface area contributed by atoms with Crippen LogP contribution in [0.1, 0.15) is 27.5 Å². The van der Waals surface area contributed by atoms with Gasteiger partial charge in [0, 0.05) is 37.9 Å². The number of primary amides is 1. The number of hydrogen-bond donors (Lipinski definition) is 1. The van der Waals surface area contributed by atoms with Gasteiger partial charge in [-0.15, -0.1) is 0 Å². The topological polar surface area (TPSA) is 84.5 Å². The number of carbonyl (C=O) groups is 2. The van der Waals surface area contributed by atoms with E-state index in [1.807, 2.05) is 103 Å². The number of carbonyl (C=O) groups excluding carboxylic acids is 2. The van der Waals surface area contributed by atoms with E-state index in [4.69, 9.17) is 10.8 Å². The minimum atomic E-state index is -0.508. The molecule has 0 bridgehead atoms. The van der Waals surface area contributed by atoms with Gasteiger partial charge in [0.25, 0.3) is 5.91 Å². The maximum Gasteiger partial charge on any atom is 0.257 e. The Morgan fingerprint density at radius 2 is 1.44 bits per heavy atom. The van der Waals surface area contributed by atoms with Gasteiger partial charge in [0.1, 0.15) is 11.7 Å². The monoisotopic (exact) mass is 479 g/mol. The zero-order chi connectivity index (χ0) is 25.1. The van der Waals surface area contributed by atoms with Gasteiger partial charge in [0.05, 0.1) is 11.3 Å². The van der Waals surface area contributed by atoms with E-state index in [0.717, 1.165) is 22.4 Å². The van der Waals surface area contributed by atoms with E-state index in [0.29, 0.717) is 37.4 Å². The first kappa shape index (κ1) is 23.5. The summed E-state index contributed by atoms with van der Waals surface area (Å²) in [5.41, 5.74) is 10.8. The minimum absolute atomic E-state index is 0.0644. The second-order valence-corrected chi connectivity index (χ2v) is 9.03. The predicted molar refractivity (Wildman–Crippen MR) is 140 cm³/mol. The number of rotatable bonds is 6. The number of amides is 2. The Hall–Kier alpha value is -4.23. The van der Waals surface area contributed by atoms with Crippen molar-refractivity contribution in [2.75, 3.05) is 26.2 Å². The fraction of sp³-hybridized carbons (Fsp3) is 0.207. The summed E-state index contributed by atoms with van der Waals surface area (Å²) in [6, 6.07) is 26.8. The fourth-order valence-electron chi connectivity index (χ4n) is 4.82.